The third-order valence-electron chi connectivity index (χ3n) is 3.19. The molecular weight excluding hydrogens is 308 g/mol. The van der Waals surface area contributed by atoms with Gasteiger partial charge in [-0.2, -0.15) is 5.26 Å². The van der Waals surface area contributed by atoms with E-state index in [9.17, 15) is 4.79 Å². The molecule has 2 rings (SSSR count). The smallest absolute Gasteiger partial charge is 0.262 e. The molecule has 1 aliphatic rings. The zero-order valence-corrected chi connectivity index (χ0v) is 12.1. The van der Waals surface area contributed by atoms with Crippen LogP contribution in [0.4, 0.5) is 0 Å². The van der Waals surface area contributed by atoms with Crippen LogP contribution in [0.3, 0.4) is 0 Å². The second-order valence-electron chi connectivity index (χ2n) is 4.62. The van der Waals surface area contributed by atoms with Crippen molar-refractivity contribution < 1.29 is 9.21 Å². The monoisotopic (exact) mass is 322 g/mol. The molecular formula is C14H15BrN2O2. The standard InChI is InChI=1S/C14H15BrN2O2/c15-13-7-6-12(19-13)8-10(9-16)14(18)17-11-4-2-1-3-5-11/h6-8,11H,1-5H2,(H,17,18)/b10-8+. The number of rotatable bonds is 3. The van der Waals surface area contributed by atoms with Gasteiger partial charge in [0, 0.05) is 12.1 Å². The van der Waals surface area contributed by atoms with Crippen LogP contribution in [0.15, 0.2) is 26.8 Å². The topological polar surface area (TPSA) is 66.0 Å². The number of amides is 1. The molecule has 1 aliphatic carbocycles. The summed E-state index contributed by atoms with van der Waals surface area (Å²) in [6.45, 7) is 0. The fraction of sp³-hybridized carbons (Fsp3) is 0.429. The first kappa shape index (κ1) is 13.9. The van der Waals surface area contributed by atoms with Crippen LogP contribution in [0.5, 0.6) is 0 Å². The van der Waals surface area contributed by atoms with Crippen LogP contribution in [0, 0.1) is 11.3 Å². The van der Waals surface area contributed by atoms with Gasteiger partial charge in [-0.3, -0.25) is 4.79 Å². The molecule has 0 saturated heterocycles. The second kappa shape index (κ2) is 6.58. The van der Waals surface area contributed by atoms with E-state index in [1.807, 2.05) is 6.07 Å². The largest absolute Gasteiger partial charge is 0.450 e. The molecule has 1 saturated carbocycles. The van der Waals surface area contributed by atoms with E-state index < -0.39 is 0 Å². The Bertz CT molecular complexity index is 522. The van der Waals surface area contributed by atoms with Crippen molar-refractivity contribution in [2.75, 3.05) is 0 Å². The van der Waals surface area contributed by atoms with Crippen molar-refractivity contribution in [1.82, 2.24) is 5.32 Å². The minimum atomic E-state index is -0.318. The molecule has 0 aliphatic heterocycles. The van der Waals surface area contributed by atoms with Gasteiger partial charge in [0.25, 0.3) is 5.91 Å². The van der Waals surface area contributed by atoms with Gasteiger partial charge in [0.05, 0.1) is 0 Å². The van der Waals surface area contributed by atoms with Crippen molar-refractivity contribution in [3.05, 3.63) is 28.1 Å². The second-order valence-corrected chi connectivity index (χ2v) is 5.40. The van der Waals surface area contributed by atoms with Gasteiger partial charge in [0.2, 0.25) is 0 Å². The minimum Gasteiger partial charge on any atom is -0.450 e. The van der Waals surface area contributed by atoms with Gasteiger partial charge in [-0.05, 0) is 40.9 Å². The first-order chi connectivity index (χ1) is 9.19. The molecule has 0 unspecified atom stereocenters. The van der Waals surface area contributed by atoms with E-state index in [0.29, 0.717) is 10.4 Å². The summed E-state index contributed by atoms with van der Waals surface area (Å²) in [5.74, 6) is 0.171. The summed E-state index contributed by atoms with van der Waals surface area (Å²) in [5.41, 5.74) is 0.0763. The van der Waals surface area contributed by atoms with Gasteiger partial charge >= 0.3 is 0 Å². The maximum Gasteiger partial charge on any atom is 0.262 e. The lowest BCUT2D eigenvalue weighted by Crippen LogP contribution is -2.36. The summed E-state index contributed by atoms with van der Waals surface area (Å²) in [7, 11) is 0. The Hall–Kier alpha value is -1.54. The van der Waals surface area contributed by atoms with Crippen molar-refractivity contribution in [2.45, 2.75) is 38.1 Å². The van der Waals surface area contributed by atoms with Crippen LogP contribution in [-0.2, 0) is 4.79 Å². The molecule has 1 fully saturated rings. The predicted molar refractivity (Wildman–Crippen MR) is 75.0 cm³/mol. The zero-order valence-electron chi connectivity index (χ0n) is 10.5. The van der Waals surface area contributed by atoms with Crippen LogP contribution in [-0.4, -0.2) is 11.9 Å². The Morgan fingerprint density at radius 1 is 1.42 bits per heavy atom. The summed E-state index contributed by atoms with van der Waals surface area (Å²) in [4.78, 5) is 12.0. The van der Waals surface area contributed by atoms with Crippen LogP contribution >= 0.6 is 15.9 Å². The first-order valence-corrected chi connectivity index (χ1v) is 7.16. The maximum atomic E-state index is 12.0. The lowest BCUT2D eigenvalue weighted by molar-refractivity contribution is -0.117. The SMILES string of the molecule is N#C/C(=C\c1ccc(Br)o1)C(=O)NC1CCCCC1. The van der Waals surface area contributed by atoms with E-state index in [2.05, 4.69) is 21.2 Å². The molecule has 1 amide bonds. The molecule has 1 heterocycles. The van der Waals surface area contributed by atoms with Gasteiger partial charge < -0.3 is 9.73 Å². The van der Waals surface area contributed by atoms with Gasteiger partial charge in [0.15, 0.2) is 4.67 Å². The highest BCUT2D eigenvalue weighted by molar-refractivity contribution is 9.10. The molecule has 0 spiro atoms. The number of nitriles is 1. The lowest BCUT2D eigenvalue weighted by atomic mass is 9.95. The average molecular weight is 323 g/mol. The highest BCUT2D eigenvalue weighted by Gasteiger charge is 2.18. The number of carbonyl (C=O) groups excluding carboxylic acids is 1. The average Bonchev–Trinajstić information content (AvgIpc) is 2.82. The zero-order chi connectivity index (χ0) is 13.7. The van der Waals surface area contributed by atoms with E-state index >= 15 is 0 Å². The molecule has 0 aromatic carbocycles. The van der Waals surface area contributed by atoms with Gasteiger partial charge in [-0.1, -0.05) is 19.3 Å². The summed E-state index contributed by atoms with van der Waals surface area (Å²) in [6, 6.07) is 5.54. The number of furan rings is 1. The summed E-state index contributed by atoms with van der Waals surface area (Å²) < 4.78 is 5.84. The number of nitrogens with zero attached hydrogens (tertiary/aromatic N) is 1. The highest BCUT2D eigenvalue weighted by Crippen LogP contribution is 2.19. The molecule has 0 radical (unpaired) electrons. The minimum absolute atomic E-state index is 0.0763. The summed E-state index contributed by atoms with van der Waals surface area (Å²) >= 11 is 3.18. The Morgan fingerprint density at radius 3 is 2.74 bits per heavy atom. The third kappa shape index (κ3) is 3.97. The van der Waals surface area contributed by atoms with Gasteiger partial charge in [-0.15, -0.1) is 0 Å². The van der Waals surface area contributed by atoms with Crippen molar-refractivity contribution >= 4 is 27.9 Å². The van der Waals surface area contributed by atoms with Crippen LogP contribution in [0.1, 0.15) is 37.9 Å². The number of halogens is 1. The quantitative estimate of drug-likeness (QED) is 0.685. The van der Waals surface area contributed by atoms with Crippen LogP contribution in [0.2, 0.25) is 0 Å². The fourth-order valence-electron chi connectivity index (χ4n) is 2.21. The third-order valence-corrected chi connectivity index (χ3v) is 3.61. The van der Waals surface area contributed by atoms with Crippen molar-refractivity contribution in [2.24, 2.45) is 0 Å². The molecule has 0 bridgehead atoms. The van der Waals surface area contributed by atoms with Gasteiger partial charge in [-0.25, -0.2) is 0 Å². The molecule has 0 atom stereocenters. The first-order valence-electron chi connectivity index (χ1n) is 6.37. The lowest BCUT2D eigenvalue weighted by Gasteiger charge is -2.22. The van der Waals surface area contributed by atoms with Crippen LogP contribution < -0.4 is 5.32 Å². The number of hydrogen-bond acceptors (Lipinski definition) is 3. The Morgan fingerprint density at radius 2 is 2.16 bits per heavy atom. The normalized spacial score (nSPS) is 16.9. The van der Waals surface area contributed by atoms with Crippen molar-refractivity contribution in [1.29, 1.82) is 5.26 Å². The van der Waals surface area contributed by atoms with E-state index in [1.165, 1.54) is 12.5 Å². The molecule has 1 aromatic rings. The van der Waals surface area contributed by atoms with E-state index in [4.69, 9.17) is 9.68 Å². The number of hydrogen-bond donors (Lipinski definition) is 1. The van der Waals surface area contributed by atoms with E-state index in [0.717, 1.165) is 25.7 Å². The summed E-state index contributed by atoms with van der Waals surface area (Å²) in [5, 5.41) is 12.0. The van der Waals surface area contributed by atoms with E-state index in [1.54, 1.807) is 12.1 Å². The van der Waals surface area contributed by atoms with E-state index in [-0.39, 0.29) is 17.5 Å². The number of carbonyl (C=O) groups is 1. The summed E-state index contributed by atoms with van der Waals surface area (Å²) in [6.07, 6.45) is 6.97. The molecule has 19 heavy (non-hydrogen) atoms. The Balaban J connectivity index is 2.02. The molecule has 4 nitrogen and oxygen atoms in total. The van der Waals surface area contributed by atoms with Crippen molar-refractivity contribution in [3.63, 3.8) is 0 Å². The highest BCUT2D eigenvalue weighted by atomic mass is 79.9. The van der Waals surface area contributed by atoms with Gasteiger partial charge in [0.1, 0.15) is 17.4 Å². The molecule has 1 aromatic heterocycles. The fourth-order valence-corrected chi connectivity index (χ4v) is 2.53. The predicted octanol–water partition coefficient (Wildman–Crippen LogP) is 3.40. The molecule has 5 heteroatoms. The van der Waals surface area contributed by atoms with Crippen LogP contribution in [0.25, 0.3) is 6.08 Å². The Kier molecular flexibility index (Phi) is 4.80. The molecule has 100 valence electrons. The Labute approximate surface area is 120 Å². The molecule has 1 N–H and O–H groups in total. The number of nitrogens with one attached hydrogen (secondary N) is 1. The maximum absolute atomic E-state index is 12.0. The van der Waals surface area contributed by atoms with Crippen molar-refractivity contribution in [3.8, 4) is 6.07 Å².